The third-order valence-electron chi connectivity index (χ3n) is 2.42. The summed E-state index contributed by atoms with van der Waals surface area (Å²) in [6, 6.07) is 5.60. The Morgan fingerprint density at radius 3 is 2.50 bits per heavy atom. The van der Waals surface area contributed by atoms with Crippen molar-refractivity contribution in [1.29, 1.82) is 0 Å². The summed E-state index contributed by atoms with van der Waals surface area (Å²) in [4.78, 5) is 0. The molecule has 0 aliphatic heterocycles. The van der Waals surface area contributed by atoms with E-state index in [2.05, 4.69) is 13.8 Å². The van der Waals surface area contributed by atoms with Crippen molar-refractivity contribution in [2.45, 2.75) is 26.8 Å². The van der Waals surface area contributed by atoms with Crippen LogP contribution in [0, 0.1) is 5.92 Å². The molecule has 0 amide bonds. The summed E-state index contributed by atoms with van der Waals surface area (Å²) >= 11 is 6.12. The first kappa shape index (κ1) is 15.3. The summed E-state index contributed by atoms with van der Waals surface area (Å²) in [7, 11) is 0. The van der Waals surface area contributed by atoms with Gasteiger partial charge in [0.05, 0.1) is 11.6 Å². The molecule has 0 heterocycles. The van der Waals surface area contributed by atoms with Crippen molar-refractivity contribution in [3.63, 3.8) is 0 Å². The first-order chi connectivity index (χ1) is 8.50. The number of hydrogen-bond acceptors (Lipinski definition) is 3. The molecule has 1 aromatic carbocycles. The molecular formula is C14H22ClNO2. The number of ether oxygens (including phenoxy) is 2. The summed E-state index contributed by atoms with van der Waals surface area (Å²) in [6.45, 7) is 7.98. The molecule has 1 rings (SSSR count). The molecule has 0 spiro atoms. The fourth-order valence-electron chi connectivity index (χ4n) is 1.45. The Hall–Kier alpha value is -0.770. The zero-order chi connectivity index (χ0) is 13.5. The van der Waals surface area contributed by atoms with Gasteiger partial charge < -0.3 is 15.2 Å². The molecule has 0 fully saturated rings. The molecular weight excluding hydrogens is 250 g/mol. The van der Waals surface area contributed by atoms with Gasteiger partial charge in [-0.3, -0.25) is 0 Å². The summed E-state index contributed by atoms with van der Waals surface area (Å²) in [5.41, 5.74) is 6.78. The molecule has 1 aromatic rings. The Morgan fingerprint density at radius 2 is 1.94 bits per heavy atom. The Labute approximate surface area is 114 Å². The normalized spacial score (nSPS) is 12.8. The van der Waals surface area contributed by atoms with Crippen molar-refractivity contribution in [3.8, 4) is 5.75 Å². The van der Waals surface area contributed by atoms with Crippen LogP contribution in [0.25, 0.3) is 0 Å². The van der Waals surface area contributed by atoms with Gasteiger partial charge in [0.1, 0.15) is 12.4 Å². The minimum absolute atomic E-state index is 0.0223. The lowest BCUT2D eigenvalue weighted by Gasteiger charge is -2.12. The average molecular weight is 272 g/mol. The molecule has 0 aliphatic carbocycles. The number of nitrogens with two attached hydrogens (primary N) is 1. The van der Waals surface area contributed by atoms with Crippen molar-refractivity contribution in [2.24, 2.45) is 11.7 Å². The van der Waals surface area contributed by atoms with Gasteiger partial charge in [0, 0.05) is 12.6 Å². The highest BCUT2D eigenvalue weighted by molar-refractivity contribution is 6.32. The maximum atomic E-state index is 6.12. The second-order valence-corrected chi connectivity index (χ2v) is 5.20. The van der Waals surface area contributed by atoms with Gasteiger partial charge in [-0.05, 0) is 30.5 Å². The molecule has 2 N–H and O–H groups in total. The zero-order valence-corrected chi connectivity index (χ0v) is 12.0. The first-order valence-corrected chi connectivity index (χ1v) is 6.64. The van der Waals surface area contributed by atoms with E-state index in [1.807, 2.05) is 25.1 Å². The Balaban J connectivity index is 2.39. The zero-order valence-electron chi connectivity index (χ0n) is 11.3. The second-order valence-electron chi connectivity index (χ2n) is 4.80. The van der Waals surface area contributed by atoms with E-state index in [4.69, 9.17) is 26.8 Å². The standard InChI is InChI=1S/C14H22ClNO2/c1-10(2)9-17-6-7-18-14-5-4-12(11(3)16)8-13(14)15/h4-5,8,10-11H,6-7,9,16H2,1-3H3/t11-/m0/s1. The maximum Gasteiger partial charge on any atom is 0.138 e. The molecule has 1 atom stereocenters. The number of hydrogen-bond donors (Lipinski definition) is 1. The lowest BCUT2D eigenvalue weighted by molar-refractivity contribution is 0.0819. The van der Waals surface area contributed by atoms with Crippen molar-refractivity contribution >= 4 is 11.6 Å². The minimum atomic E-state index is -0.0223. The summed E-state index contributed by atoms with van der Waals surface area (Å²) in [5, 5.41) is 0.591. The van der Waals surface area contributed by atoms with E-state index >= 15 is 0 Å². The van der Waals surface area contributed by atoms with Gasteiger partial charge in [-0.2, -0.15) is 0 Å². The van der Waals surface area contributed by atoms with Crippen LogP contribution in [0.1, 0.15) is 32.4 Å². The molecule has 3 nitrogen and oxygen atoms in total. The van der Waals surface area contributed by atoms with Crippen LogP contribution in [0.2, 0.25) is 5.02 Å². The van der Waals surface area contributed by atoms with E-state index in [-0.39, 0.29) is 6.04 Å². The summed E-state index contributed by atoms with van der Waals surface area (Å²) in [5.74, 6) is 1.22. The molecule has 4 heteroatoms. The van der Waals surface area contributed by atoms with Gasteiger partial charge in [-0.25, -0.2) is 0 Å². The van der Waals surface area contributed by atoms with E-state index in [1.165, 1.54) is 0 Å². The maximum absolute atomic E-state index is 6.12. The number of rotatable bonds is 7. The molecule has 18 heavy (non-hydrogen) atoms. The SMILES string of the molecule is CC(C)COCCOc1ccc([C@H](C)N)cc1Cl. The van der Waals surface area contributed by atoms with Gasteiger partial charge in [-0.1, -0.05) is 31.5 Å². The first-order valence-electron chi connectivity index (χ1n) is 6.26. The number of halogens is 1. The van der Waals surface area contributed by atoms with E-state index < -0.39 is 0 Å². The minimum Gasteiger partial charge on any atom is -0.490 e. The van der Waals surface area contributed by atoms with E-state index in [0.29, 0.717) is 29.9 Å². The van der Waals surface area contributed by atoms with Crippen LogP contribution in [-0.2, 0) is 4.74 Å². The molecule has 0 aliphatic rings. The highest BCUT2D eigenvalue weighted by atomic mass is 35.5. The van der Waals surface area contributed by atoms with E-state index in [9.17, 15) is 0 Å². The summed E-state index contributed by atoms with van der Waals surface area (Å²) in [6.07, 6.45) is 0. The van der Waals surface area contributed by atoms with Crippen LogP contribution in [0.3, 0.4) is 0 Å². The lowest BCUT2D eigenvalue weighted by Crippen LogP contribution is -2.10. The predicted octanol–water partition coefficient (Wildman–Crippen LogP) is 3.41. The third-order valence-corrected chi connectivity index (χ3v) is 2.71. The Morgan fingerprint density at radius 1 is 1.22 bits per heavy atom. The molecule has 0 saturated heterocycles. The van der Waals surface area contributed by atoms with Gasteiger partial charge in [-0.15, -0.1) is 0 Å². The fourth-order valence-corrected chi connectivity index (χ4v) is 1.69. The van der Waals surface area contributed by atoms with Gasteiger partial charge >= 0.3 is 0 Å². The highest BCUT2D eigenvalue weighted by Gasteiger charge is 2.05. The van der Waals surface area contributed by atoms with E-state index in [1.54, 1.807) is 0 Å². The predicted molar refractivity (Wildman–Crippen MR) is 75.2 cm³/mol. The molecule has 0 bridgehead atoms. The summed E-state index contributed by atoms with van der Waals surface area (Å²) < 4.78 is 11.0. The van der Waals surface area contributed by atoms with E-state index in [0.717, 1.165) is 12.2 Å². The molecule has 0 saturated carbocycles. The molecule has 0 aromatic heterocycles. The monoisotopic (exact) mass is 271 g/mol. The third kappa shape index (κ3) is 5.25. The van der Waals surface area contributed by atoms with Crippen molar-refractivity contribution in [2.75, 3.05) is 19.8 Å². The van der Waals surface area contributed by atoms with Crippen LogP contribution >= 0.6 is 11.6 Å². The van der Waals surface area contributed by atoms with Gasteiger partial charge in [0.15, 0.2) is 0 Å². The molecule has 0 unspecified atom stereocenters. The van der Waals surface area contributed by atoms with Crippen molar-refractivity contribution in [3.05, 3.63) is 28.8 Å². The highest BCUT2D eigenvalue weighted by Crippen LogP contribution is 2.27. The quantitative estimate of drug-likeness (QED) is 0.773. The van der Waals surface area contributed by atoms with Crippen molar-refractivity contribution < 1.29 is 9.47 Å². The van der Waals surface area contributed by atoms with Crippen molar-refractivity contribution in [1.82, 2.24) is 0 Å². The van der Waals surface area contributed by atoms with Crippen LogP contribution in [0.4, 0.5) is 0 Å². The Bertz CT molecular complexity index is 367. The second kappa shape index (κ2) is 7.62. The van der Waals surface area contributed by atoms with Crippen LogP contribution in [0.5, 0.6) is 5.75 Å². The van der Waals surface area contributed by atoms with Crippen LogP contribution in [0.15, 0.2) is 18.2 Å². The molecule has 102 valence electrons. The van der Waals surface area contributed by atoms with Gasteiger partial charge in [0.2, 0.25) is 0 Å². The number of benzene rings is 1. The lowest BCUT2D eigenvalue weighted by atomic mass is 10.1. The van der Waals surface area contributed by atoms with Crippen LogP contribution < -0.4 is 10.5 Å². The largest absolute Gasteiger partial charge is 0.490 e. The smallest absolute Gasteiger partial charge is 0.138 e. The average Bonchev–Trinajstić information content (AvgIpc) is 2.29. The van der Waals surface area contributed by atoms with Crippen LogP contribution in [-0.4, -0.2) is 19.8 Å². The Kier molecular flexibility index (Phi) is 6.47. The van der Waals surface area contributed by atoms with Gasteiger partial charge in [0.25, 0.3) is 0 Å². The topological polar surface area (TPSA) is 44.5 Å². The molecule has 0 radical (unpaired) electrons. The fraction of sp³-hybridized carbons (Fsp3) is 0.571.